The van der Waals surface area contributed by atoms with Crippen molar-refractivity contribution in [2.24, 2.45) is 0 Å². The first-order valence-electron chi connectivity index (χ1n) is 12.7. The molecule has 0 aliphatic carbocycles. The van der Waals surface area contributed by atoms with Gasteiger partial charge in [0, 0.05) is 0 Å². The highest BCUT2D eigenvalue weighted by Crippen LogP contribution is 2.13. The fourth-order valence-corrected chi connectivity index (χ4v) is 3.68. The summed E-state index contributed by atoms with van der Waals surface area (Å²) in [5, 5.41) is 0. The average Bonchev–Trinajstić information content (AvgIpc) is 2.68. The zero-order valence-corrected chi connectivity index (χ0v) is 19.2. The Morgan fingerprint density at radius 3 is 0.963 bits per heavy atom. The lowest BCUT2D eigenvalue weighted by Gasteiger charge is -2.02. The van der Waals surface area contributed by atoms with Crippen LogP contribution in [0.2, 0.25) is 0 Å². The summed E-state index contributed by atoms with van der Waals surface area (Å²) < 4.78 is 0. The summed E-state index contributed by atoms with van der Waals surface area (Å²) in [6.45, 7) is 4.51. The number of rotatable bonds is 22. The van der Waals surface area contributed by atoms with Crippen LogP contribution in [0.5, 0.6) is 0 Å². The molecule has 0 aromatic heterocycles. The standard InChI is InChI=1S/C27H52/c1-3-5-7-9-11-13-15-17-19-21-23-25-27-26-24-22-20-18-16-14-12-10-8-6-4-2/h5,7,25,27H,3-4,6,8-24,26H2,1-2H3/b7-5+,27-25+. The van der Waals surface area contributed by atoms with Gasteiger partial charge in [-0.1, -0.05) is 128 Å². The fourth-order valence-electron chi connectivity index (χ4n) is 3.68. The van der Waals surface area contributed by atoms with Gasteiger partial charge in [-0.2, -0.15) is 0 Å². The molecule has 0 amide bonds. The first-order valence-corrected chi connectivity index (χ1v) is 12.7. The van der Waals surface area contributed by atoms with Crippen LogP contribution in [0, 0.1) is 0 Å². The molecule has 0 rings (SSSR count). The Morgan fingerprint density at radius 1 is 0.333 bits per heavy atom. The molecule has 0 atom stereocenters. The molecule has 27 heavy (non-hydrogen) atoms. The second-order valence-corrected chi connectivity index (χ2v) is 8.37. The molecule has 0 bridgehead atoms. The van der Waals surface area contributed by atoms with Crippen molar-refractivity contribution in [3.8, 4) is 0 Å². The van der Waals surface area contributed by atoms with Crippen LogP contribution in [0.3, 0.4) is 0 Å². The third-order valence-electron chi connectivity index (χ3n) is 5.53. The average molecular weight is 377 g/mol. The normalized spacial score (nSPS) is 11.9. The molecule has 0 radical (unpaired) electrons. The molecule has 0 fully saturated rings. The Hall–Kier alpha value is -0.520. The summed E-state index contributed by atoms with van der Waals surface area (Å²) >= 11 is 0. The molecule has 0 aliphatic heterocycles. The second kappa shape index (κ2) is 25.5. The molecule has 0 unspecified atom stereocenters. The highest BCUT2D eigenvalue weighted by Gasteiger charge is 1.93. The van der Waals surface area contributed by atoms with Gasteiger partial charge in [0.05, 0.1) is 0 Å². The van der Waals surface area contributed by atoms with E-state index < -0.39 is 0 Å². The third-order valence-corrected chi connectivity index (χ3v) is 5.53. The zero-order chi connectivity index (χ0) is 19.7. The lowest BCUT2D eigenvalue weighted by atomic mass is 10.0. The van der Waals surface area contributed by atoms with Gasteiger partial charge in [0.25, 0.3) is 0 Å². The van der Waals surface area contributed by atoms with Gasteiger partial charge in [0.2, 0.25) is 0 Å². The van der Waals surface area contributed by atoms with Crippen LogP contribution in [0.25, 0.3) is 0 Å². The third kappa shape index (κ3) is 25.5. The number of hydrogen-bond acceptors (Lipinski definition) is 0. The quantitative estimate of drug-likeness (QED) is 0.130. The summed E-state index contributed by atoms with van der Waals surface area (Å²) in [5.41, 5.74) is 0. The lowest BCUT2D eigenvalue weighted by Crippen LogP contribution is -1.82. The Kier molecular flexibility index (Phi) is 25.0. The SMILES string of the molecule is CC/C=C/CCCCCCCC/C=C/CCCCCCCCCCCCC. The number of allylic oxidation sites excluding steroid dienone is 4. The minimum atomic E-state index is 1.19. The Bertz CT molecular complexity index is 299. The highest BCUT2D eigenvalue weighted by atomic mass is 14.0. The van der Waals surface area contributed by atoms with Crippen molar-refractivity contribution in [1.29, 1.82) is 0 Å². The van der Waals surface area contributed by atoms with E-state index in [0.29, 0.717) is 0 Å². The summed E-state index contributed by atoms with van der Waals surface area (Å²) in [7, 11) is 0. The van der Waals surface area contributed by atoms with Crippen LogP contribution in [-0.2, 0) is 0 Å². The fraction of sp³-hybridized carbons (Fsp3) is 0.852. The summed E-state index contributed by atoms with van der Waals surface area (Å²) in [4.78, 5) is 0. The van der Waals surface area contributed by atoms with Crippen LogP contribution in [0.15, 0.2) is 24.3 Å². The van der Waals surface area contributed by atoms with Crippen LogP contribution >= 0.6 is 0 Å². The monoisotopic (exact) mass is 376 g/mol. The van der Waals surface area contributed by atoms with Crippen molar-refractivity contribution in [2.75, 3.05) is 0 Å². The van der Waals surface area contributed by atoms with Gasteiger partial charge in [0.1, 0.15) is 0 Å². The van der Waals surface area contributed by atoms with Crippen molar-refractivity contribution >= 4 is 0 Å². The van der Waals surface area contributed by atoms with Gasteiger partial charge in [-0.25, -0.2) is 0 Å². The predicted molar refractivity (Wildman–Crippen MR) is 127 cm³/mol. The predicted octanol–water partition coefficient (Wildman–Crippen LogP) is 10.3. The van der Waals surface area contributed by atoms with E-state index in [2.05, 4.69) is 38.2 Å². The van der Waals surface area contributed by atoms with Crippen molar-refractivity contribution in [1.82, 2.24) is 0 Å². The molecule has 0 nitrogen and oxygen atoms in total. The minimum absolute atomic E-state index is 1.19. The molecule has 0 saturated heterocycles. The molecule has 0 spiro atoms. The largest absolute Gasteiger partial charge is 0.0888 e. The van der Waals surface area contributed by atoms with Crippen molar-refractivity contribution < 1.29 is 0 Å². The first-order chi connectivity index (χ1) is 13.4. The summed E-state index contributed by atoms with van der Waals surface area (Å²) in [6.07, 6.45) is 39.0. The van der Waals surface area contributed by atoms with E-state index in [1.54, 1.807) is 0 Å². The van der Waals surface area contributed by atoms with E-state index in [0.717, 1.165) is 0 Å². The van der Waals surface area contributed by atoms with Gasteiger partial charge in [-0.05, 0) is 44.9 Å². The van der Waals surface area contributed by atoms with Gasteiger partial charge in [-0.15, -0.1) is 0 Å². The van der Waals surface area contributed by atoms with Gasteiger partial charge in [-0.3, -0.25) is 0 Å². The molecule has 0 aliphatic rings. The van der Waals surface area contributed by atoms with Gasteiger partial charge in [0.15, 0.2) is 0 Å². The molecule has 160 valence electrons. The maximum absolute atomic E-state index is 2.44. The van der Waals surface area contributed by atoms with Crippen molar-refractivity contribution in [3.63, 3.8) is 0 Å². The Labute approximate surface area is 173 Å². The molecular formula is C27H52. The molecule has 0 heteroatoms. The van der Waals surface area contributed by atoms with Gasteiger partial charge < -0.3 is 0 Å². The minimum Gasteiger partial charge on any atom is -0.0888 e. The molecule has 0 saturated carbocycles. The highest BCUT2D eigenvalue weighted by molar-refractivity contribution is 4.81. The van der Waals surface area contributed by atoms with E-state index in [4.69, 9.17) is 0 Å². The van der Waals surface area contributed by atoms with Crippen LogP contribution < -0.4 is 0 Å². The molecule has 0 heterocycles. The molecular weight excluding hydrogens is 324 g/mol. The van der Waals surface area contributed by atoms with E-state index >= 15 is 0 Å². The lowest BCUT2D eigenvalue weighted by molar-refractivity contribution is 0.550. The van der Waals surface area contributed by atoms with E-state index in [-0.39, 0.29) is 0 Å². The summed E-state index contributed by atoms with van der Waals surface area (Å²) in [5.74, 6) is 0. The second-order valence-electron chi connectivity index (χ2n) is 8.37. The smallest absolute Gasteiger partial charge is 0.0351 e. The van der Waals surface area contributed by atoms with Crippen molar-refractivity contribution in [3.05, 3.63) is 24.3 Å². The maximum atomic E-state index is 2.44. The number of unbranched alkanes of at least 4 members (excludes halogenated alkanes) is 18. The van der Waals surface area contributed by atoms with Gasteiger partial charge >= 0.3 is 0 Å². The molecule has 0 N–H and O–H groups in total. The molecule has 0 aromatic rings. The first kappa shape index (κ1) is 26.5. The topological polar surface area (TPSA) is 0 Å². The van der Waals surface area contributed by atoms with Crippen LogP contribution in [-0.4, -0.2) is 0 Å². The zero-order valence-electron chi connectivity index (χ0n) is 19.2. The maximum Gasteiger partial charge on any atom is -0.0351 e. The Balaban J connectivity index is 3.08. The van der Waals surface area contributed by atoms with E-state index in [1.165, 1.54) is 135 Å². The van der Waals surface area contributed by atoms with E-state index in [9.17, 15) is 0 Å². The molecule has 0 aromatic carbocycles. The Morgan fingerprint density at radius 2 is 0.630 bits per heavy atom. The van der Waals surface area contributed by atoms with E-state index in [1.807, 2.05) is 0 Å². The number of hydrogen-bond donors (Lipinski definition) is 0. The summed E-state index contributed by atoms with van der Waals surface area (Å²) in [6, 6.07) is 0. The van der Waals surface area contributed by atoms with Crippen LogP contribution in [0.4, 0.5) is 0 Å². The van der Waals surface area contributed by atoms with Crippen molar-refractivity contribution in [2.45, 2.75) is 149 Å². The van der Waals surface area contributed by atoms with Crippen LogP contribution in [0.1, 0.15) is 149 Å².